The lowest BCUT2D eigenvalue weighted by atomic mass is 10.3. The number of aromatic nitrogens is 1. The maximum atomic E-state index is 12.0. The monoisotopic (exact) mass is 236 g/mol. The van der Waals surface area contributed by atoms with E-state index in [2.05, 4.69) is 10.3 Å². The molecule has 92 valence electrons. The number of aryl methyl sites for hydroxylation is 2. The van der Waals surface area contributed by atoms with Crippen LogP contribution in [0.4, 0.5) is 0 Å². The van der Waals surface area contributed by atoms with Crippen molar-refractivity contribution in [3.8, 4) is 0 Å². The first-order chi connectivity index (χ1) is 8.20. The van der Waals surface area contributed by atoms with Gasteiger partial charge in [0.2, 0.25) is 5.76 Å². The molecule has 1 unspecified atom stereocenters. The lowest BCUT2D eigenvalue weighted by Gasteiger charge is -2.05. The Kier molecular flexibility index (Phi) is 2.43. The number of oxazole rings is 1. The first-order valence-electron chi connectivity index (χ1n) is 6.05. The highest BCUT2D eigenvalue weighted by Gasteiger charge is 2.55. The average molecular weight is 236 g/mol. The highest BCUT2D eigenvalue weighted by Crippen LogP contribution is 2.44. The predicted octanol–water partition coefficient (Wildman–Crippen LogP) is 0.920. The van der Waals surface area contributed by atoms with Gasteiger partial charge in [0.25, 0.3) is 5.91 Å². The van der Waals surface area contributed by atoms with Gasteiger partial charge in [0.15, 0.2) is 5.89 Å². The molecule has 1 aromatic heterocycles. The molecule has 2 aliphatic rings. The van der Waals surface area contributed by atoms with E-state index >= 15 is 0 Å². The number of rotatable bonds is 3. The van der Waals surface area contributed by atoms with Gasteiger partial charge in [-0.15, -0.1) is 0 Å². The standard InChI is InChI=1S/C12H16N2O3/c1-3-9-13-6(2)11(17-9)12(15)14-10-7-4-16-5-8(7)10/h7-8,10H,3-5H2,1-2H3,(H,14,15)/t7-,8+,10?. The summed E-state index contributed by atoms with van der Waals surface area (Å²) < 4.78 is 10.7. The summed E-state index contributed by atoms with van der Waals surface area (Å²) in [5.74, 6) is 1.84. The molecule has 5 nitrogen and oxygen atoms in total. The van der Waals surface area contributed by atoms with Gasteiger partial charge in [0.05, 0.1) is 18.9 Å². The zero-order valence-electron chi connectivity index (χ0n) is 10.0. The number of nitrogens with zero attached hydrogens (tertiary/aromatic N) is 1. The summed E-state index contributed by atoms with van der Waals surface area (Å²) >= 11 is 0. The summed E-state index contributed by atoms with van der Waals surface area (Å²) in [6.07, 6.45) is 0.705. The van der Waals surface area contributed by atoms with Gasteiger partial charge in [-0.3, -0.25) is 4.79 Å². The minimum absolute atomic E-state index is 0.144. The smallest absolute Gasteiger partial charge is 0.289 e. The van der Waals surface area contributed by atoms with Gasteiger partial charge < -0.3 is 14.5 Å². The average Bonchev–Trinajstić information content (AvgIpc) is 2.75. The Morgan fingerprint density at radius 2 is 2.18 bits per heavy atom. The van der Waals surface area contributed by atoms with Gasteiger partial charge in [-0.05, 0) is 6.92 Å². The first kappa shape index (κ1) is 10.8. The second kappa shape index (κ2) is 3.84. The molecule has 0 bridgehead atoms. The highest BCUT2D eigenvalue weighted by molar-refractivity contribution is 5.92. The van der Waals surface area contributed by atoms with Gasteiger partial charge in [-0.1, -0.05) is 6.92 Å². The summed E-state index contributed by atoms with van der Waals surface area (Å²) in [5.41, 5.74) is 0.668. The van der Waals surface area contributed by atoms with E-state index in [4.69, 9.17) is 9.15 Å². The van der Waals surface area contributed by atoms with E-state index in [-0.39, 0.29) is 11.9 Å². The molecule has 0 spiro atoms. The van der Waals surface area contributed by atoms with Crippen LogP contribution in [0.15, 0.2) is 4.42 Å². The van der Waals surface area contributed by atoms with Crippen LogP contribution in [-0.4, -0.2) is 30.1 Å². The number of carbonyl (C=O) groups excluding carboxylic acids is 1. The zero-order chi connectivity index (χ0) is 12.0. The molecule has 1 N–H and O–H groups in total. The molecular formula is C12H16N2O3. The largest absolute Gasteiger partial charge is 0.435 e. The Hall–Kier alpha value is -1.36. The third-order valence-electron chi connectivity index (χ3n) is 3.60. The number of amides is 1. The predicted molar refractivity (Wildman–Crippen MR) is 59.7 cm³/mol. The lowest BCUT2D eigenvalue weighted by molar-refractivity contribution is 0.0899. The second-order valence-electron chi connectivity index (χ2n) is 4.74. The van der Waals surface area contributed by atoms with E-state index < -0.39 is 0 Å². The Balaban J connectivity index is 1.67. The molecule has 5 heteroatoms. The summed E-state index contributed by atoms with van der Waals surface area (Å²) in [6.45, 7) is 5.29. The van der Waals surface area contributed by atoms with Crippen molar-refractivity contribution in [1.29, 1.82) is 0 Å². The fourth-order valence-corrected chi connectivity index (χ4v) is 2.48. The zero-order valence-corrected chi connectivity index (χ0v) is 10.0. The van der Waals surface area contributed by atoms with Crippen LogP contribution >= 0.6 is 0 Å². The molecule has 2 fully saturated rings. The number of nitrogens with one attached hydrogen (secondary N) is 1. The number of ether oxygens (including phenoxy) is 1. The van der Waals surface area contributed by atoms with Crippen LogP contribution in [0.1, 0.15) is 29.1 Å². The molecule has 1 amide bonds. The third kappa shape index (κ3) is 1.74. The van der Waals surface area contributed by atoms with Crippen molar-refractivity contribution < 1.29 is 13.9 Å². The minimum Gasteiger partial charge on any atom is -0.435 e. The summed E-state index contributed by atoms with van der Waals surface area (Å²) in [7, 11) is 0. The topological polar surface area (TPSA) is 64.4 Å². The van der Waals surface area contributed by atoms with Crippen LogP contribution in [-0.2, 0) is 11.2 Å². The van der Waals surface area contributed by atoms with Crippen LogP contribution in [0.5, 0.6) is 0 Å². The SMILES string of the molecule is CCc1nc(C)c(C(=O)NC2[C@H]3COC[C@@H]23)o1. The van der Waals surface area contributed by atoms with E-state index in [0.717, 1.165) is 13.2 Å². The van der Waals surface area contributed by atoms with E-state index in [1.807, 2.05) is 6.92 Å². The Labute approximate surface area is 99.5 Å². The van der Waals surface area contributed by atoms with Crippen molar-refractivity contribution in [3.05, 3.63) is 17.3 Å². The molecule has 3 atom stereocenters. The Bertz CT molecular complexity index is 445. The van der Waals surface area contributed by atoms with Crippen LogP contribution in [0.3, 0.4) is 0 Å². The molecule has 1 saturated heterocycles. The van der Waals surface area contributed by atoms with Crippen LogP contribution in [0.2, 0.25) is 0 Å². The highest BCUT2D eigenvalue weighted by atomic mass is 16.5. The fraction of sp³-hybridized carbons (Fsp3) is 0.667. The van der Waals surface area contributed by atoms with E-state index in [0.29, 0.717) is 35.6 Å². The quantitative estimate of drug-likeness (QED) is 0.847. The van der Waals surface area contributed by atoms with Crippen LogP contribution in [0.25, 0.3) is 0 Å². The molecule has 2 heterocycles. The molecule has 1 aliphatic heterocycles. The molecule has 1 aromatic rings. The number of hydrogen-bond acceptors (Lipinski definition) is 4. The van der Waals surface area contributed by atoms with Crippen molar-refractivity contribution in [2.45, 2.75) is 26.3 Å². The van der Waals surface area contributed by atoms with Crippen LogP contribution < -0.4 is 5.32 Å². The molecule has 1 saturated carbocycles. The molecule has 0 aromatic carbocycles. The van der Waals surface area contributed by atoms with Crippen molar-refractivity contribution in [2.75, 3.05) is 13.2 Å². The van der Waals surface area contributed by atoms with Crippen molar-refractivity contribution in [1.82, 2.24) is 10.3 Å². The normalized spacial score (nSPS) is 30.1. The maximum Gasteiger partial charge on any atom is 0.289 e. The summed E-state index contributed by atoms with van der Waals surface area (Å²) in [5, 5.41) is 3.00. The molecular weight excluding hydrogens is 220 g/mol. The van der Waals surface area contributed by atoms with E-state index in [1.54, 1.807) is 6.92 Å². The van der Waals surface area contributed by atoms with Crippen molar-refractivity contribution >= 4 is 5.91 Å². The summed E-state index contributed by atoms with van der Waals surface area (Å²) in [6, 6.07) is 0.269. The van der Waals surface area contributed by atoms with Crippen LogP contribution in [0, 0.1) is 18.8 Å². The number of carbonyl (C=O) groups is 1. The number of hydrogen-bond donors (Lipinski definition) is 1. The van der Waals surface area contributed by atoms with E-state index in [1.165, 1.54) is 0 Å². The van der Waals surface area contributed by atoms with Crippen molar-refractivity contribution in [3.63, 3.8) is 0 Å². The van der Waals surface area contributed by atoms with Gasteiger partial charge >= 0.3 is 0 Å². The number of fused-ring (bicyclic) bond motifs is 1. The first-order valence-corrected chi connectivity index (χ1v) is 6.05. The molecule has 17 heavy (non-hydrogen) atoms. The molecule has 1 aliphatic carbocycles. The van der Waals surface area contributed by atoms with Gasteiger partial charge in [0, 0.05) is 24.3 Å². The third-order valence-corrected chi connectivity index (χ3v) is 3.60. The maximum absolute atomic E-state index is 12.0. The molecule has 3 rings (SSSR count). The molecule has 0 radical (unpaired) electrons. The van der Waals surface area contributed by atoms with E-state index in [9.17, 15) is 4.79 Å². The van der Waals surface area contributed by atoms with Gasteiger partial charge in [0.1, 0.15) is 0 Å². The Morgan fingerprint density at radius 3 is 2.76 bits per heavy atom. The Morgan fingerprint density at radius 1 is 1.47 bits per heavy atom. The summed E-state index contributed by atoms with van der Waals surface area (Å²) in [4.78, 5) is 16.2. The van der Waals surface area contributed by atoms with Crippen molar-refractivity contribution in [2.24, 2.45) is 11.8 Å². The minimum atomic E-state index is -0.144. The van der Waals surface area contributed by atoms with Gasteiger partial charge in [-0.25, -0.2) is 4.98 Å². The van der Waals surface area contributed by atoms with Gasteiger partial charge in [-0.2, -0.15) is 0 Å². The fourth-order valence-electron chi connectivity index (χ4n) is 2.48. The second-order valence-corrected chi connectivity index (χ2v) is 4.74. The lowest BCUT2D eigenvalue weighted by Crippen LogP contribution is -2.30.